The van der Waals surface area contributed by atoms with Gasteiger partial charge in [-0.2, -0.15) is 11.8 Å². The minimum atomic E-state index is 0.601. The van der Waals surface area contributed by atoms with Crippen LogP contribution in [0.15, 0.2) is 35.3 Å². The lowest BCUT2D eigenvalue weighted by atomic mass is 10.1. The quantitative estimate of drug-likeness (QED) is 0.422. The summed E-state index contributed by atoms with van der Waals surface area (Å²) in [5, 5.41) is 3.43. The fourth-order valence-electron chi connectivity index (χ4n) is 2.90. The number of nitrogens with zero attached hydrogens (tertiary/aromatic N) is 2. The van der Waals surface area contributed by atoms with Crippen LogP contribution < -0.4 is 5.32 Å². The Hall–Kier alpha value is -1.20. The molecule has 1 atom stereocenters. The molecule has 1 fully saturated rings. The predicted molar refractivity (Wildman–Crippen MR) is 105 cm³/mol. The lowest BCUT2D eigenvalue weighted by Gasteiger charge is -2.21. The van der Waals surface area contributed by atoms with Gasteiger partial charge in [0.2, 0.25) is 0 Å². The van der Waals surface area contributed by atoms with E-state index in [1.165, 1.54) is 17.7 Å². The van der Waals surface area contributed by atoms with Gasteiger partial charge in [-0.1, -0.05) is 30.3 Å². The zero-order valence-electron chi connectivity index (χ0n) is 15.0. The SMILES string of the molecule is CCNC(=NCCCSC)N1CCC(COCc2ccccc2)C1. The summed E-state index contributed by atoms with van der Waals surface area (Å²) < 4.78 is 5.92. The molecule has 1 aliphatic rings. The number of nitrogens with one attached hydrogen (secondary N) is 1. The van der Waals surface area contributed by atoms with Crippen LogP contribution in [0.4, 0.5) is 0 Å². The van der Waals surface area contributed by atoms with E-state index in [1.807, 2.05) is 17.8 Å². The van der Waals surface area contributed by atoms with E-state index < -0.39 is 0 Å². The van der Waals surface area contributed by atoms with Gasteiger partial charge >= 0.3 is 0 Å². The number of thioether (sulfide) groups is 1. The molecule has 1 heterocycles. The van der Waals surface area contributed by atoms with Crippen LogP contribution in [-0.4, -0.2) is 55.7 Å². The lowest BCUT2D eigenvalue weighted by molar-refractivity contribution is 0.0907. The summed E-state index contributed by atoms with van der Waals surface area (Å²) in [7, 11) is 0. The van der Waals surface area contributed by atoms with Gasteiger partial charge < -0.3 is 15.0 Å². The Bertz CT molecular complexity index is 481. The molecular weight excluding hydrogens is 318 g/mol. The van der Waals surface area contributed by atoms with Crippen molar-refractivity contribution in [1.29, 1.82) is 0 Å². The second-order valence-corrected chi connectivity index (χ2v) is 7.17. The maximum atomic E-state index is 5.92. The highest BCUT2D eigenvalue weighted by Crippen LogP contribution is 2.17. The van der Waals surface area contributed by atoms with E-state index in [1.54, 1.807) is 0 Å². The summed E-state index contributed by atoms with van der Waals surface area (Å²) in [6.07, 6.45) is 4.48. The largest absolute Gasteiger partial charge is 0.376 e. The second-order valence-electron chi connectivity index (χ2n) is 6.18. The summed E-state index contributed by atoms with van der Waals surface area (Å²) in [5.41, 5.74) is 1.25. The van der Waals surface area contributed by atoms with Gasteiger partial charge in [0.05, 0.1) is 13.2 Å². The summed E-state index contributed by atoms with van der Waals surface area (Å²) in [6.45, 7) is 7.63. The number of hydrogen-bond acceptors (Lipinski definition) is 3. The van der Waals surface area contributed by atoms with E-state index in [-0.39, 0.29) is 0 Å². The maximum Gasteiger partial charge on any atom is 0.193 e. The smallest absolute Gasteiger partial charge is 0.193 e. The molecule has 0 saturated carbocycles. The van der Waals surface area contributed by atoms with Crippen LogP contribution in [0.2, 0.25) is 0 Å². The van der Waals surface area contributed by atoms with E-state index >= 15 is 0 Å². The number of rotatable bonds is 9. The van der Waals surface area contributed by atoms with Gasteiger partial charge in [0.25, 0.3) is 0 Å². The van der Waals surface area contributed by atoms with E-state index in [0.29, 0.717) is 12.5 Å². The topological polar surface area (TPSA) is 36.9 Å². The fraction of sp³-hybridized carbons (Fsp3) is 0.632. The Morgan fingerprint density at radius 3 is 2.96 bits per heavy atom. The first-order valence-electron chi connectivity index (χ1n) is 8.97. The van der Waals surface area contributed by atoms with E-state index in [0.717, 1.165) is 45.2 Å². The molecule has 134 valence electrons. The van der Waals surface area contributed by atoms with Crippen molar-refractivity contribution in [2.24, 2.45) is 10.9 Å². The van der Waals surface area contributed by atoms with Crippen molar-refractivity contribution < 1.29 is 4.74 Å². The average Bonchev–Trinajstić information content (AvgIpc) is 3.07. The molecule has 24 heavy (non-hydrogen) atoms. The van der Waals surface area contributed by atoms with Crippen molar-refractivity contribution in [2.45, 2.75) is 26.4 Å². The van der Waals surface area contributed by atoms with Gasteiger partial charge in [-0.3, -0.25) is 4.99 Å². The third-order valence-electron chi connectivity index (χ3n) is 4.15. The third-order valence-corrected chi connectivity index (χ3v) is 4.85. The van der Waals surface area contributed by atoms with E-state index in [2.05, 4.69) is 47.7 Å². The van der Waals surface area contributed by atoms with Gasteiger partial charge in [0.15, 0.2) is 5.96 Å². The van der Waals surface area contributed by atoms with Crippen molar-refractivity contribution >= 4 is 17.7 Å². The standard InChI is InChI=1S/C19H31N3OS/c1-3-20-19(21-11-7-13-24-2)22-12-10-18(14-22)16-23-15-17-8-5-4-6-9-17/h4-6,8-9,18H,3,7,10-16H2,1-2H3,(H,20,21). The van der Waals surface area contributed by atoms with Gasteiger partial charge in [-0.05, 0) is 37.3 Å². The van der Waals surface area contributed by atoms with Crippen molar-refractivity contribution in [3.05, 3.63) is 35.9 Å². The van der Waals surface area contributed by atoms with Gasteiger partial charge in [0, 0.05) is 32.1 Å². The maximum absolute atomic E-state index is 5.92. The molecule has 0 aromatic heterocycles. The third kappa shape index (κ3) is 6.73. The van der Waals surface area contributed by atoms with Crippen LogP contribution in [0.3, 0.4) is 0 Å². The van der Waals surface area contributed by atoms with Gasteiger partial charge in [-0.25, -0.2) is 0 Å². The second kappa shape index (κ2) is 11.4. The van der Waals surface area contributed by atoms with Crippen molar-refractivity contribution in [2.75, 3.05) is 44.8 Å². The highest BCUT2D eigenvalue weighted by molar-refractivity contribution is 7.98. The number of benzene rings is 1. The average molecular weight is 350 g/mol. The van der Waals surface area contributed by atoms with Crippen LogP contribution in [0.1, 0.15) is 25.3 Å². The van der Waals surface area contributed by atoms with Gasteiger partial charge in [-0.15, -0.1) is 0 Å². The van der Waals surface area contributed by atoms with Crippen molar-refractivity contribution in [3.8, 4) is 0 Å². The van der Waals surface area contributed by atoms with E-state index in [4.69, 9.17) is 9.73 Å². The Balaban J connectivity index is 1.73. The monoisotopic (exact) mass is 349 g/mol. The lowest BCUT2D eigenvalue weighted by Crippen LogP contribution is -2.40. The molecular formula is C19H31N3OS. The highest BCUT2D eigenvalue weighted by Gasteiger charge is 2.24. The first-order valence-corrected chi connectivity index (χ1v) is 10.4. The normalized spacial score (nSPS) is 18.2. The number of likely N-dealkylation sites (tertiary alicyclic amines) is 1. The molecule has 1 saturated heterocycles. The Morgan fingerprint density at radius 2 is 2.21 bits per heavy atom. The molecule has 1 aromatic carbocycles. The molecule has 0 aliphatic carbocycles. The molecule has 0 spiro atoms. The molecule has 0 bridgehead atoms. The van der Waals surface area contributed by atoms with Crippen molar-refractivity contribution in [1.82, 2.24) is 10.2 Å². The Morgan fingerprint density at radius 1 is 1.38 bits per heavy atom. The number of guanidine groups is 1. The summed E-state index contributed by atoms with van der Waals surface area (Å²) in [4.78, 5) is 7.16. The minimum Gasteiger partial charge on any atom is -0.376 e. The van der Waals surface area contributed by atoms with Crippen molar-refractivity contribution in [3.63, 3.8) is 0 Å². The molecule has 5 heteroatoms. The van der Waals surface area contributed by atoms with Crippen LogP contribution in [0.25, 0.3) is 0 Å². The Labute approximate surface area is 151 Å². The van der Waals surface area contributed by atoms with Crippen LogP contribution in [-0.2, 0) is 11.3 Å². The molecule has 1 aliphatic heterocycles. The number of ether oxygens (including phenoxy) is 1. The zero-order chi connectivity index (χ0) is 17.0. The van der Waals surface area contributed by atoms with Crippen LogP contribution in [0, 0.1) is 5.92 Å². The first-order chi connectivity index (χ1) is 11.8. The number of hydrogen-bond donors (Lipinski definition) is 1. The van der Waals surface area contributed by atoms with Crippen LogP contribution >= 0.6 is 11.8 Å². The molecule has 2 rings (SSSR count). The number of aliphatic imine (C=N–C) groups is 1. The molecule has 1 aromatic rings. The Kier molecular flexibility index (Phi) is 9.06. The molecule has 0 amide bonds. The predicted octanol–water partition coefficient (Wildman–Crippen LogP) is 3.24. The van der Waals surface area contributed by atoms with Crippen LogP contribution in [0.5, 0.6) is 0 Å². The summed E-state index contributed by atoms with van der Waals surface area (Å²) in [6, 6.07) is 10.4. The molecule has 1 N–H and O–H groups in total. The first kappa shape index (κ1) is 19.1. The molecule has 0 radical (unpaired) electrons. The summed E-state index contributed by atoms with van der Waals surface area (Å²) in [5.74, 6) is 2.85. The molecule has 4 nitrogen and oxygen atoms in total. The van der Waals surface area contributed by atoms with Gasteiger partial charge in [0.1, 0.15) is 0 Å². The zero-order valence-corrected chi connectivity index (χ0v) is 15.9. The van der Waals surface area contributed by atoms with E-state index in [9.17, 15) is 0 Å². The minimum absolute atomic E-state index is 0.601. The summed E-state index contributed by atoms with van der Waals surface area (Å²) >= 11 is 1.89. The highest BCUT2D eigenvalue weighted by atomic mass is 32.2. The fourth-order valence-corrected chi connectivity index (χ4v) is 3.32. The molecule has 1 unspecified atom stereocenters.